The molecule has 0 fully saturated rings. The molecule has 0 aromatic heterocycles. The van der Waals surface area contributed by atoms with E-state index in [0.717, 1.165) is 6.42 Å². The molecule has 0 aliphatic heterocycles. The van der Waals surface area contributed by atoms with E-state index >= 15 is 0 Å². The molecule has 0 saturated heterocycles. The number of ether oxygens (including phenoxy) is 1. The summed E-state index contributed by atoms with van der Waals surface area (Å²) in [4.78, 5) is 21.6. The normalized spacial score (nSPS) is 12.1. The fraction of sp³-hybridized carbons (Fsp3) is 0.818. The summed E-state index contributed by atoms with van der Waals surface area (Å²) < 4.78 is 4.77. The van der Waals surface area contributed by atoms with Gasteiger partial charge in [0.05, 0.1) is 12.5 Å². The molecule has 1 N–H and O–H groups in total. The van der Waals surface area contributed by atoms with Crippen molar-refractivity contribution in [3.8, 4) is 0 Å². The van der Waals surface area contributed by atoms with Crippen molar-refractivity contribution in [2.45, 2.75) is 46.0 Å². The molecule has 0 spiro atoms. The van der Waals surface area contributed by atoms with Gasteiger partial charge in [-0.1, -0.05) is 13.3 Å². The number of rotatable bonds is 8. The van der Waals surface area contributed by atoms with E-state index in [0.29, 0.717) is 32.3 Å². The lowest BCUT2D eigenvalue weighted by molar-refractivity contribution is -0.143. The minimum absolute atomic E-state index is 0.194. The second-order valence-corrected chi connectivity index (χ2v) is 3.49. The fourth-order valence-electron chi connectivity index (χ4n) is 1.40. The summed E-state index contributed by atoms with van der Waals surface area (Å²) in [6.45, 7) is 4.05. The summed E-state index contributed by atoms with van der Waals surface area (Å²) in [6, 6.07) is 0. The maximum Gasteiger partial charge on any atom is 0.306 e. The minimum atomic E-state index is -0.742. The van der Waals surface area contributed by atoms with Gasteiger partial charge in [-0.2, -0.15) is 0 Å². The largest absolute Gasteiger partial charge is 0.481 e. The summed E-state index contributed by atoms with van der Waals surface area (Å²) in [6.07, 6.45) is 3.16. The first-order valence-corrected chi connectivity index (χ1v) is 5.50. The van der Waals surface area contributed by atoms with Crippen molar-refractivity contribution in [1.82, 2.24) is 0 Å². The quantitative estimate of drug-likeness (QED) is 0.499. The maximum absolute atomic E-state index is 11.0. The molecule has 4 heteroatoms. The lowest BCUT2D eigenvalue weighted by atomic mass is 9.99. The van der Waals surface area contributed by atoms with Gasteiger partial charge in [-0.05, 0) is 26.2 Å². The summed E-state index contributed by atoms with van der Waals surface area (Å²) in [5, 5.41) is 8.77. The number of carboxylic acid groups (broad SMARTS) is 1. The predicted molar refractivity (Wildman–Crippen MR) is 56.5 cm³/mol. The Morgan fingerprint density at radius 3 is 2.40 bits per heavy atom. The van der Waals surface area contributed by atoms with E-state index in [4.69, 9.17) is 9.84 Å². The highest BCUT2D eigenvalue weighted by Crippen LogP contribution is 2.13. The lowest BCUT2D eigenvalue weighted by Gasteiger charge is -2.08. The third kappa shape index (κ3) is 6.94. The third-order valence-corrected chi connectivity index (χ3v) is 2.33. The predicted octanol–water partition coefficient (Wildman–Crippen LogP) is 2.22. The van der Waals surface area contributed by atoms with Crippen molar-refractivity contribution in [1.29, 1.82) is 0 Å². The molecule has 0 aromatic rings. The van der Waals surface area contributed by atoms with Crippen LogP contribution in [0.3, 0.4) is 0 Å². The van der Waals surface area contributed by atoms with Gasteiger partial charge >= 0.3 is 11.9 Å². The molecule has 0 aliphatic rings. The van der Waals surface area contributed by atoms with Crippen molar-refractivity contribution in [2.24, 2.45) is 5.92 Å². The Morgan fingerprint density at radius 1 is 1.27 bits per heavy atom. The fourth-order valence-corrected chi connectivity index (χ4v) is 1.40. The minimum Gasteiger partial charge on any atom is -0.481 e. The van der Waals surface area contributed by atoms with E-state index in [-0.39, 0.29) is 11.9 Å². The maximum atomic E-state index is 11.0. The van der Waals surface area contributed by atoms with Crippen LogP contribution in [0.5, 0.6) is 0 Å². The molecule has 1 unspecified atom stereocenters. The van der Waals surface area contributed by atoms with Crippen LogP contribution in [0.2, 0.25) is 0 Å². The van der Waals surface area contributed by atoms with Crippen LogP contribution in [0.15, 0.2) is 0 Å². The zero-order valence-corrected chi connectivity index (χ0v) is 9.49. The van der Waals surface area contributed by atoms with Crippen LogP contribution >= 0.6 is 0 Å². The number of carbonyl (C=O) groups excluding carboxylic acids is 1. The van der Waals surface area contributed by atoms with Gasteiger partial charge in [0, 0.05) is 6.42 Å². The monoisotopic (exact) mass is 216 g/mol. The van der Waals surface area contributed by atoms with Crippen LogP contribution in [0.4, 0.5) is 0 Å². The van der Waals surface area contributed by atoms with Crippen molar-refractivity contribution >= 4 is 11.9 Å². The number of esters is 1. The molecule has 0 saturated carbocycles. The Bertz CT molecular complexity index is 201. The molecule has 0 rings (SSSR count). The van der Waals surface area contributed by atoms with E-state index in [1.165, 1.54) is 0 Å². The highest BCUT2D eigenvalue weighted by molar-refractivity contribution is 5.70. The van der Waals surface area contributed by atoms with E-state index in [1.54, 1.807) is 6.92 Å². The Morgan fingerprint density at radius 2 is 1.93 bits per heavy atom. The highest BCUT2D eigenvalue weighted by Gasteiger charge is 2.14. The van der Waals surface area contributed by atoms with Crippen molar-refractivity contribution in [3.63, 3.8) is 0 Å². The molecule has 0 amide bonds. The molecule has 15 heavy (non-hydrogen) atoms. The smallest absolute Gasteiger partial charge is 0.306 e. The summed E-state index contributed by atoms with van der Waals surface area (Å²) in [5.74, 6) is -1.21. The molecule has 0 bridgehead atoms. The van der Waals surface area contributed by atoms with Gasteiger partial charge in [0.2, 0.25) is 0 Å². The van der Waals surface area contributed by atoms with Crippen LogP contribution in [-0.4, -0.2) is 23.7 Å². The molecule has 4 nitrogen and oxygen atoms in total. The van der Waals surface area contributed by atoms with Crippen LogP contribution in [0, 0.1) is 5.92 Å². The average Bonchev–Trinajstić information content (AvgIpc) is 2.17. The van der Waals surface area contributed by atoms with Crippen LogP contribution in [0.25, 0.3) is 0 Å². The highest BCUT2D eigenvalue weighted by atomic mass is 16.5. The van der Waals surface area contributed by atoms with Gasteiger partial charge in [0.1, 0.15) is 0 Å². The molecule has 0 radical (unpaired) electrons. The number of carbonyl (C=O) groups is 2. The standard InChI is InChI=1S/C11H20O4/c1-3-9(11(13)14)7-5-6-8-10(12)15-4-2/h9H,3-8H2,1-2H3,(H,13,14). The van der Waals surface area contributed by atoms with E-state index in [9.17, 15) is 9.59 Å². The number of unbranched alkanes of at least 4 members (excludes halogenated alkanes) is 1. The first kappa shape index (κ1) is 13.9. The van der Waals surface area contributed by atoms with Gasteiger partial charge in [-0.25, -0.2) is 0 Å². The van der Waals surface area contributed by atoms with Crippen molar-refractivity contribution < 1.29 is 19.4 Å². The topological polar surface area (TPSA) is 63.6 Å². The Hall–Kier alpha value is -1.06. The first-order valence-electron chi connectivity index (χ1n) is 5.50. The molecule has 0 heterocycles. The molecule has 0 aromatic carbocycles. The molecule has 0 aliphatic carbocycles. The van der Waals surface area contributed by atoms with Crippen LogP contribution < -0.4 is 0 Å². The molecular weight excluding hydrogens is 196 g/mol. The van der Waals surface area contributed by atoms with E-state index in [2.05, 4.69) is 0 Å². The SMILES string of the molecule is CCOC(=O)CCCCC(CC)C(=O)O. The molecular formula is C11H20O4. The van der Waals surface area contributed by atoms with Gasteiger partial charge < -0.3 is 9.84 Å². The second-order valence-electron chi connectivity index (χ2n) is 3.49. The molecule has 1 atom stereocenters. The van der Waals surface area contributed by atoms with E-state index in [1.807, 2.05) is 6.92 Å². The average molecular weight is 216 g/mol. The van der Waals surface area contributed by atoms with Crippen molar-refractivity contribution in [3.05, 3.63) is 0 Å². The first-order chi connectivity index (χ1) is 7.11. The Labute approximate surface area is 90.6 Å². The number of carboxylic acids is 1. The van der Waals surface area contributed by atoms with Crippen molar-refractivity contribution in [2.75, 3.05) is 6.61 Å². The van der Waals surface area contributed by atoms with Gasteiger partial charge in [-0.3, -0.25) is 9.59 Å². The second kappa shape index (κ2) is 8.26. The van der Waals surface area contributed by atoms with E-state index < -0.39 is 5.97 Å². The summed E-state index contributed by atoms with van der Waals surface area (Å²) in [7, 11) is 0. The summed E-state index contributed by atoms with van der Waals surface area (Å²) in [5.41, 5.74) is 0. The third-order valence-electron chi connectivity index (χ3n) is 2.33. The number of hydrogen-bond donors (Lipinski definition) is 1. The Kier molecular flexibility index (Phi) is 7.68. The van der Waals surface area contributed by atoms with Gasteiger partial charge in [-0.15, -0.1) is 0 Å². The summed E-state index contributed by atoms with van der Waals surface area (Å²) >= 11 is 0. The van der Waals surface area contributed by atoms with Gasteiger partial charge in [0.25, 0.3) is 0 Å². The zero-order valence-electron chi connectivity index (χ0n) is 9.49. The zero-order chi connectivity index (χ0) is 11.7. The Balaban J connectivity index is 3.52. The van der Waals surface area contributed by atoms with Crippen LogP contribution in [-0.2, 0) is 14.3 Å². The van der Waals surface area contributed by atoms with Crippen LogP contribution in [0.1, 0.15) is 46.0 Å². The lowest BCUT2D eigenvalue weighted by Crippen LogP contribution is -2.12. The number of aliphatic carboxylic acids is 1. The number of hydrogen-bond acceptors (Lipinski definition) is 3. The molecule has 88 valence electrons. The van der Waals surface area contributed by atoms with Gasteiger partial charge in [0.15, 0.2) is 0 Å².